The normalized spacial score (nSPS) is 50.9. The molecule has 0 aliphatic heterocycles. The third-order valence-corrected chi connectivity index (χ3v) is 16.3. The number of aliphatic hydroxyl groups excluding tert-OH is 4. The molecule has 5 saturated carbocycles. The highest BCUT2D eigenvalue weighted by Gasteiger charge is 2.70. The highest BCUT2D eigenvalue weighted by molar-refractivity contribution is 5.19. The maximum Gasteiger partial charge on any atom is 0.109 e. The van der Waals surface area contributed by atoms with E-state index in [2.05, 4.69) is 55.4 Å². The number of rotatable bonds is 7. The van der Waals surface area contributed by atoms with Gasteiger partial charge < -0.3 is 26.2 Å². The zero-order valence-corrected chi connectivity index (χ0v) is 27.7. The van der Waals surface area contributed by atoms with Crippen LogP contribution in [0.5, 0.6) is 0 Å². The van der Waals surface area contributed by atoms with Gasteiger partial charge in [-0.2, -0.15) is 0 Å². The van der Waals surface area contributed by atoms with E-state index in [9.17, 15) is 20.4 Å². The van der Waals surface area contributed by atoms with E-state index in [4.69, 9.17) is 5.73 Å². The smallest absolute Gasteiger partial charge is 0.109 e. The van der Waals surface area contributed by atoms with Gasteiger partial charge in [-0.05, 0) is 139 Å². The van der Waals surface area contributed by atoms with Gasteiger partial charge in [-0.15, -0.1) is 0 Å². The van der Waals surface area contributed by atoms with Crippen molar-refractivity contribution in [3.05, 3.63) is 0 Å². The van der Waals surface area contributed by atoms with Gasteiger partial charge in [0, 0.05) is 6.54 Å². The summed E-state index contributed by atoms with van der Waals surface area (Å²) < 4.78 is 0. The molecular weight excluding hydrogens is 510 g/mol. The monoisotopic (exact) mass is 575 g/mol. The molecule has 5 heteroatoms. The van der Waals surface area contributed by atoms with Crippen LogP contribution in [0.15, 0.2) is 0 Å². The van der Waals surface area contributed by atoms with Crippen molar-refractivity contribution in [2.45, 2.75) is 150 Å². The first kappa shape index (κ1) is 32.2. The lowest BCUT2D eigenvalue weighted by atomic mass is 9.31. The van der Waals surface area contributed by atoms with Crippen molar-refractivity contribution in [2.24, 2.45) is 74.2 Å². The topological polar surface area (TPSA) is 107 Å². The fraction of sp³-hybridized carbons (Fsp3) is 1.00. The van der Waals surface area contributed by atoms with E-state index in [0.717, 1.165) is 23.7 Å². The van der Waals surface area contributed by atoms with Crippen LogP contribution < -0.4 is 5.73 Å². The van der Waals surface area contributed by atoms with Gasteiger partial charge in [-0.1, -0.05) is 55.4 Å². The second-order valence-electron chi connectivity index (χ2n) is 17.8. The van der Waals surface area contributed by atoms with Gasteiger partial charge in [0.25, 0.3) is 0 Å². The molecule has 41 heavy (non-hydrogen) atoms. The first-order chi connectivity index (χ1) is 19.0. The van der Waals surface area contributed by atoms with E-state index >= 15 is 0 Å². The highest BCUT2D eigenvalue weighted by Crippen LogP contribution is 2.78. The molecule has 0 heterocycles. The maximum atomic E-state index is 10.8. The fourth-order valence-corrected chi connectivity index (χ4v) is 13.4. The van der Waals surface area contributed by atoms with Gasteiger partial charge in [0.1, 0.15) is 12.2 Å². The zero-order valence-electron chi connectivity index (χ0n) is 27.7. The van der Waals surface area contributed by atoms with Crippen molar-refractivity contribution in [1.29, 1.82) is 0 Å². The Morgan fingerprint density at radius 1 is 0.659 bits per heavy atom. The van der Waals surface area contributed by atoms with Crippen LogP contribution in [0.25, 0.3) is 0 Å². The number of nitrogens with two attached hydrogens (primary N) is 1. The van der Waals surface area contributed by atoms with E-state index in [1.165, 1.54) is 64.2 Å². The van der Waals surface area contributed by atoms with Crippen LogP contribution in [-0.2, 0) is 0 Å². The lowest BCUT2D eigenvalue weighted by Crippen LogP contribution is -2.66. The average molecular weight is 576 g/mol. The molecule has 0 aromatic rings. The highest BCUT2D eigenvalue weighted by atomic mass is 16.4. The van der Waals surface area contributed by atoms with E-state index in [1.54, 1.807) is 0 Å². The third-order valence-electron chi connectivity index (χ3n) is 16.3. The average Bonchev–Trinajstić information content (AvgIpc) is 3.27. The Balaban J connectivity index is 1.34. The predicted molar refractivity (Wildman–Crippen MR) is 166 cm³/mol. The van der Waals surface area contributed by atoms with Crippen LogP contribution in [0.1, 0.15) is 126 Å². The number of hydrogen-bond donors (Lipinski definition) is 5. The Hall–Kier alpha value is -0.200. The lowest BCUT2D eigenvalue weighted by Gasteiger charge is -2.73. The van der Waals surface area contributed by atoms with E-state index < -0.39 is 24.4 Å². The summed E-state index contributed by atoms with van der Waals surface area (Å²) in [6, 6.07) is 0. The number of hydrogen-bond acceptors (Lipinski definition) is 5. The van der Waals surface area contributed by atoms with E-state index in [0.29, 0.717) is 45.3 Å². The number of fused-ring (bicyclic) bond motifs is 7. The van der Waals surface area contributed by atoms with Crippen molar-refractivity contribution in [1.82, 2.24) is 0 Å². The second-order valence-corrected chi connectivity index (χ2v) is 17.8. The Labute approximate surface area is 251 Å². The summed E-state index contributed by atoms with van der Waals surface area (Å²) in [4.78, 5) is 0. The van der Waals surface area contributed by atoms with Crippen molar-refractivity contribution in [2.75, 3.05) is 6.54 Å². The summed E-state index contributed by atoms with van der Waals surface area (Å²) in [6.45, 7) is 20.6. The molecule has 15 atom stereocenters. The molecular formula is C36H65NO4. The molecule has 0 radical (unpaired) electrons. The minimum atomic E-state index is -1.42. The molecule has 5 aliphatic rings. The maximum absolute atomic E-state index is 10.8. The van der Waals surface area contributed by atoms with Gasteiger partial charge >= 0.3 is 0 Å². The summed E-state index contributed by atoms with van der Waals surface area (Å²) in [5.74, 6) is 4.67. The standard InChI is InChI=1S/C36H65NO4/c1-21(19-25(38)30(40)31(41)26(39)20-37)23-12-16-33(5)24(23)13-17-35(7)28(33)9-10-29-34(6)15-11-22(2)32(3,4)27(34)14-18-36(29,35)8/h21-31,38-41H,9-20,37H2,1-8H3/t21?,22-,23-,24-,25?,26?,27-,28+,29+,30?,31?,33-,34-,35+,36+/m0/s1. The van der Waals surface area contributed by atoms with Crippen LogP contribution in [0.3, 0.4) is 0 Å². The number of aliphatic hydroxyl groups is 4. The van der Waals surface area contributed by atoms with Crippen LogP contribution >= 0.6 is 0 Å². The molecule has 5 rings (SSSR count). The van der Waals surface area contributed by atoms with E-state index in [1.807, 2.05) is 0 Å². The van der Waals surface area contributed by atoms with Crippen molar-refractivity contribution < 1.29 is 20.4 Å². The summed E-state index contributed by atoms with van der Waals surface area (Å²) >= 11 is 0. The van der Waals surface area contributed by atoms with Gasteiger partial charge in [-0.25, -0.2) is 0 Å². The summed E-state index contributed by atoms with van der Waals surface area (Å²) in [6.07, 6.45) is 8.77. The molecule has 238 valence electrons. The molecule has 0 spiro atoms. The van der Waals surface area contributed by atoms with Gasteiger partial charge in [0.15, 0.2) is 0 Å². The van der Waals surface area contributed by atoms with Crippen LogP contribution in [0.4, 0.5) is 0 Å². The van der Waals surface area contributed by atoms with Crippen LogP contribution in [0, 0.1) is 68.5 Å². The van der Waals surface area contributed by atoms with Gasteiger partial charge in [0.2, 0.25) is 0 Å². The Morgan fingerprint density at radius 3 is 1.80 bits per heavy atom. The Bertz CT molecular complexity index is 956. The molecule has 0 bridgehead atoms. The molecule has 0 aromatic carbocycles. The molecule has 5 fully saturated rings. The minimum absolute atomic E-state index is 0.139. The molecule has 0 aromatic heterocycles. The van der Waals surface area contributed by atoms with Crippen molar-refractivity contribution >= 4 is 0 Å². The fourth-order valence-electron chi connectivity index (χ4n) is 13.4. The summed E-state index contributed by atoms with van der Waals surface area (Å²) in [7, 11) is 0. The largest absolute Gasteiger partial charge is 0.390 e. The minimum Gasteiger partial charge on any atom is -0.390 e. The Kier molecular flexibility index (Phi) is 8.41. The quantitative estimate of drug-likeness (QED) is 0.250. The van der Waals surface area contributed by atoms with Crippen LogP contribution in [0.2, 0.25) is 0 Å². The first-order valence-corrected chi connectivity index (χ1v) is 17.4. The zero-order chi connectivity index (χ0) is 30.3. The molecule has 5 unspecified atom stereocenters. The Morgan fingerprint density at radius 2 is 1.20 bits per heavy atom. The first-order valence-electron chi connectivity index (χ1n) is 17.4. The van der Waals surface area contributed by atoms with E-state index in [-0.39, 0.29) is 12.5 Å². The lowest BCUT2D eigenvalue weighted by molar-refractivity contribution is -0.246. The van der Waals surface area contributed by atoms with Crippen LogP contribution in [-0.4, -0.2) is 51.4 Å². The van der Waals surface area contributed by atoms with Crippen molar-refractivity contribution in [3.8, 4) is 0 Å². The third kappa shape index (κ3) is 4.55. The van der Waals surface area contributed by atoms with Gasteiger partial charge in [-0.3, -0.25) is 0 Å². The SMILES string of the molecule is CC(CC(O)C(O)C(O)C(O)CN)[C@@H]1CC[C@]2(C)[C@H]3CC[C@@H]4[C@@]5(C)CC[C@H](C)C(C)(C)[C@@H]5CC[C@@]4(C)[C@]3(C)CC[C@@H]12. The molecule has 0 saturated heterocycles. The molecule has 5 aliphatic carbocycles. The summed E-state index contributed by atoms with van der Waals surface area (Å²) in [5, 5.41) is 41.5. The van der Waals surface area contributed by atoms with Crippen molar-refractivity contribution in [3.63, 3.8) is 0 Å². The molecule has 5 nitrogen and oxygen atoms in total. The summed E-state index contributed by atoms with van der Waals surface area (Å²) in [5.41, 5.74) is 7.46. The molecule has 0 amide bonds. The van der Waals surface area contributed by atoms with Gasteiger partial charge in [0.05, 0.1) is 12.2 Å². The molecule has 6 N–H and O–H groups in total. The predicted octanol–water partition coefficient (Wildman–Crippen LogP) is 6.15. The second kappa shape index (κ2) is 10.7.